The molecule has 1 atom stereocenters. The smallest absolute Gasteiger partial charge is 0.280 e. The molecule has 0 bridgehead atoms. The molecule has 0 unspecified atom stereocenters. The van der Waals surface area contributed by atoms with Crippen molar-refractivity contribution in [2.45, 2.75) is 43.9 Å². The normalized spacial score (nSPS) is 14.3. The highest BCUT2D eigenvalue weighted by Crippen LogP contribution is 2.34. The van der Waals surface area contributed by atoms with E-state index in [1.165, 1.54) is 18.6 Å². The molecule has 0 radical (unpaired) electrons. The second kappa shape index (κ2) is 12.3. The van der Waals surface area contributed by atoms with Crippen molar-refractivity contribution in [2.75, 3.05) is 32.0 Å². The van der Waals surface area contributed by atoms with Gasteiger partial charge in [0.1, 0.15) is 11.5 Å². The average Bonchev–Trinajstić information content (AvgIpc) is 3.64. The fourth-order valence-electron chi connectivity index (χ4n) is 3.88. The van der Waals surface area contributed by atoms with E-state index in [0.29, 0.717) is 48.9 Å². The SMILES string of the molecule is CCOc1cncc(-c2cnc(C(=O)N[C@H](CCCN(C)C)c3c(F)ccc(NS(=O)(=O)C4CC4)c3F)s2)n1. The van der Waals surface area contributed by atoms with Gasteiger partial charge in [0.2, 0.25) is 15.9 Å². The number of anilines is 1. The van der Waals surface area contributed by atoms with Gasteiger partial charge < -0.3 is 15.0 Å². The number of hydrogen-bond donors (Lipinski definition) is 2. The van der Waals surface area contributed by atoms with Crippen molar-refractivity contribution in [1.29, 1.82) is 0 Å². The van der Waals surface area contributed by atoms with Gasteiger partial charge in [-0.3, -0.25) is 14.5 Å². The highest BCUT2D eigenvalue weighted by atomic mass is 32.2. The molecule has 2 aromatic heterocycles. The summed E-state index contributed by atoms with van der Waals surface area (Å²) in [7, 11) is -0.0501. The molecule has 1 aliphatic rings. The number of halogens is 2. The number of benzene rings is 1. The number of hydrogen-bond acceptors (Lipinski definition) is 9. The van der Waals surface area contributed by atoms with E-state index in [9.17, 15) is 13.2 Å². The number of thiazole rings is 1. The van der Waals surface area contributed by atoms with Crippen LogP contribution in [-0.4, -0.2) is 66.7 Å². The molecule has 2 heterocycles. The Balaban J connectivity index is 1.59. The number of aromatic nitrogens is 3. The van der Waals surface area contributed by atoms with Gasteiger partial charge in [-0.1, -0.05) is 0 Å². The van der Waals surface area contributed by atoms with Gasteiger partial charge in [-0.2, -0.15) is 0 Å². The van der Waals surface area contributed by atoms with Crippen molar-refractivity contribution < 1.29 is 26.7 Å². The zero-order chi connectivity index (χ0) is 28.2. The molecule has 1 aromatic carbocycles. The van der Waals surface area contributed by atoms with Crippen LogP contribution in [0.5, 0.6) is 5.88 Å². The maximum Gasteiger partial charge on any atom is 0.280 e. The van der Waals surface area contributed by atoms with Crippen molar-refractivity contribution in [3.8, 4) is 16.5 Å². The number of rotatable bonds is 13. The lowest BCUT2D eigenvalue weighted by Gasteiger charge is -2.22. The molecule has 4 rings (SSSR count). The summed E-state index contributed by atoms with van der Waals surface area (Å²) < 4.78 is 63.0. The topological polar surface area (TPSA) is 126 Å². The molecule has 1 saturated carbocycles. The van der Waals surface area contributed by atoms with Crippen LogP contribution in [0.25, 0.3) is 10.6 Å². The van der Waals surface area contributed by atoms with Crippen LogP contribution in [0.2, 0.25) is 0 Å². The first kappa shape index (κ1) is 28.8. The third-order valence-electron chi connectivity index (χ3n) is 5.95. The van der Waals surface area contributed by atoms with Gasteiger partial charge in [0.25, 0.3) is 5.91 Å². The van der Waals surface area contributed by atoms with Crippen LogP contribution in [0.3, 0.4) is 0 Å². The van der Waals surface area contributed by atoms with Crippen LogP contribution < -0.4 is 14.8 Å². The number of ether oxygens (including phenoxy) is 1. The Morgan fingerprint density at radius 2 is 2.00 bits per heavy atom. The summed E-state index contributed by atoms with van der Waals surface area (Å²) in [5.74, 6) is -2.24. The number of amides is 1. The van der Waals surface area contributed by atoms with E-state index < -0.39 is 44.4 Å². The third-order valence-corrected chi connectivity index (χ3v) is 8.82. The Hall–Kier alpha value is -3.23. The van der Waals surface area contributed by atoms with Gasteiger partial charge in [-0.15, -0.1) is 11.3 Å². The summed E-state index contributed by atoms with van der Waals surface area (Å²) in [5.41, 5.74) is -0.299. The van der Waals surface area contributed by atoms with Gasteiger partial charge in [0, 0.05) is 11.8 Å². The first-order valence-corrected chi connectivity index (χ1v) is 14.8. The largest absolute Gasteiger partial charge is 0.477 e. The van der Waals surface area contributed by atoms with Gasteiger partial charge in [-0.25, -0.2) is 27.2 Å². The summed E-state index contributed by atoms with van der Waals surface area (Å²) in [4.78, 5) is 28.3. The van der Waals surface area contributed by atoms with Crippen LogP contribution in [0.15, 0.2) is 30.7 Å². The van der Waals surface area contributed by atoms with E-state index in [1.807, 2.05) is 25.9 Å². The van der Waals surface area contributed by atoms with E-state index in [1.54, 1.807) is 0 Å². The minimum atomic E-state index is -3.78. The molecule has 0 aliphatic heterocycles. The Bertz CT molecular complexity index is 1430. The van der Waals surface area contributed by atoms with Crippen LogP contribution in [0, 0.1) is 11.6 Å². The highest BCUT2D eigenvalue weighted by Gasteiger charge is 2.37. The number of carbonyl (C=O) groups excluding carboxylic acids is 1. The molecule has 10 nitrogen and oxygen atoms in total. The molecule has 0 spiro atoms. The van der Waals surface area contributed by atoms with Crippen LogP contribution in [0.4, 0.5) is 14.5 Å². The third kappa shape index (κ3) is 7.25. The molecule has 1 fully saturated rings. The fourth-order valence-corrected chi connectivity index (χ4v) is 6.05. The summed E-state index contributed by atoms with van der Waals surface area (Å²) in [6.45, 7) is 2.85. The zero-order valence-electron chi connectivity index (χ0n) is 21.8. The zero-order valence-corrected chi connectivity index (χ0v) is 23.4. The van der Waals surface area contributed by atoms with E-state index in [-0.39, 0.29) is 17.1 Å². The van der Waals surface area contributed by atoms with E-state index in [0.717, 1.165) is 23.5 Å². The van der Waals surface area contributed by atoms with Gasteiger partial charge >= 0.3 is 0 Å². The quantitative estimate of drug-likeness (QED) is 0.311. The molecule has 0 saturated heterocycles. The summed E-state index contributed by atoms with van der Waals surface area (Å²) in [6.07, 6.45) is 6.16. The van der Waals surface area contributed by atoms with Crippen molar-refractivity contribution in [1.82, 2.24) is 25.2 Å². The first-order valence-electron chi connectivity index (χ1n) is 12.4. The fraction of sp³-hybridized carbons (Fsp3) is 0.440. The molecule has 39 heavy (non-hydrogen) atoms. The Morgan fingerprint density at radius 3 is 2.69 bits per heavy atom. The maximum atomic E-state index is 15.6. The molecule has 3 aromatic rings. The van der Waals surface area contributed by atoms with Crippen molar-refractivity contribution >= 4 is 33.0 Å². The molecular weight excluding hydrogens is 550 g/mol. The van der Waals surface area contributed by atoms with Gasteiger partial charge in [0.15, 0.2) is 10.8 Å². The van der Waals surface area contributed by atoms with Gasteiger partial charge in [-0.05, 0) is 65.4 Å². The monoisotopic (exact) mass is 580 g/mol. The number of nitrogens with zero attached hydrogens (tertiary/aromatic N) is 4. The minimum Gasteiger partial charge on any atom is -0.477 e. The van der Waals surface area contributed by atoms with E-state index >= 15 is 8.78 Å². The lowest BCUT2D eigenvalue weighted by Crippen LogP contribution is -2.31. The van der Waals surface area contributed by atoms with Crippen molar-refractivity contribution in [2.24, 2.45) is 0 Å². The molecule has 14 heteroatoms. The summed E-state index contributed by atoms with van der Waals surface area (Å²) in [5, 5.41) is 2.18. The van der Waals surface area contributed by atoms with E-state index in [4.69, 9.17) is 4.74 Å². The standard InChI is InChI=1S/C25H30F2N6O4S2/c1-4-37-21-14-28-12-19(30-21)20-13-29-25(38-20)24(34)31-17(6-5-11-33(2)3)22-16(26)9-10-18(23(22)27)32-39(35,36)15-7-8-15/h9-10,12-15,17,32H,4-8,11H2,1-3H3,(H,31,34)/t17-/m1/s1. The molecule has 2 N–H and O–H groups in total. The summed E-state index contributed by atoms with van der Waals surface area (Å²) in [6, 6.07) is 0.980. The number of nitrogens with one attached hydrogen (secondary N) is 2. The maximum absolute atomic E-state index is 15.6. The average molecular weight is 581 g/mol. The second-order valence-electron chi connectivity index (χ2n) is 9.35. The lowest BCUT2D eigenvalue weighted by atomic mass is 9.99. The Morgan fingerprint density at radius 1 is 1.23 bits per heavy atom. The predicted octanol–water partition coefficient (Wildman–Crippen LogP) is 3.99. The Kier molecular flexibility index (Phi) is 9.08. The molecule has 1 aliphatic carbocycles. The second-order valence-corrected chi connectivity index (χ2v) is 12.3. The van der Waals surface area contributed by atoms with E-state index in [2.05, 4.69) is 25.0 Å². The Labute approximate surface area is 229 Å². The first-order chi connectivity index (χ1) is 18.6. The molecule has 1 amide bonds. The van der Waals surface area contributed by atoms with Crippen LogP contribution >= 0.6 is 11.3 Å². The van der Waals surface area contributed by atoms with Crippen molar-refractivity contribution in [3.63, 3.8) is 0 Å². The van der Waals surface area contributed by atoms with Crippen molar-refractivity contribution in [3.05, 3.63) is 52.9 Å². The number of carbonyl (C=O) groups is 1. The van der Waals surface area contributed by atoms with Crippen LogP contribution in [-0.2, 0) is 10.0 Å². The van der Waals surface area contributed by atoms with Crippen LogP contribution in [0.1, 0.15) is 54.0 Å². The molecular formula is C25H30F2N6O4S2. The lowest BCUT2D eigenvalue weighted by molar-refractivity contribution is 0.0932. The summed E-state index contributed by atoms with van der Waals surface area (Å²) >= 11 is 1.05. The van der Waals surface area contributed by atoms with Gasteiger partial charge in [0.05, 0.1) is 40.9 Å². The molecule has 210 valence electrons. The predicted molar refractivity (Wildman–Crippen MR) is 144 cm³/mol. The minimum absolute atomic E-state index is 0.0672. The number of sulfonamides is 1. The highest BCUT2D eigenvalue weighted by molar-refractivity contribution is 7.93.